The molecule has 0 aliphatic heterocycles. The lowest BCUT2D eigenvalue weighted by Gasteiger charge is -2.32. The van der Waals surface area contributed by atoms with Crippen LogP contribution < -0.4 is 0 Å². The Morgan fingerprint density at radius 3 is 2.07 bits per heavy atom. The molecule has 1 aromatic rings. The summed E-state index contributed by atoms with van der Waals surface area (Å²) in [5.74, 6) is 2.44. The first-order valence-corrected chi connectivity index (χ1v) is 10.6. The molecule has 0 heterocycles. The fraction of sp³-hybridized carbons (Fsp3) is 0.625. The Labute approximate surface area is 162 Å². The first-order chi connectivity index (χ1) is 13.2. The van der Waals surface area contributed by atoms with E-state index in [0.717, 1.165) is 36.7 Å². The molecule has 0 bridgehead atoms. The van der Waals surface area contributed by atoms with Gasteiger partial charge in [-0.2, -0.15) is 5.26 Å². The monoisotopic (exact) mass is 371 g/mol. The summed E-state index contributed by atoms with van der Waals surface area (Å²) in [5.41, 5.74) is 1.20. The number of benzene rings is 1. The summed E-state index contributed by atoms with van der Waals surface area (Å²) in [6.45, 7) is 0. The first-order valence-electron chi connectivity index (χ1n) is 10.6. The first kappa shape index (κ1) is 20.1. The molecule has 0 amide bonds. The Morgan fingerprint density at radius 1 is 0.926 bits per heavy atom. The fourth-order valence-electron chi connectivity index (χ4n) is 5.13. The van der Waals surface area contributed by atoms with E-state index in [-0.39, 0.29) is 11.4 Å². The summed E-state index contributed by atoms with van der Waals surface area (Å²) >= 11 is 0. The second-order valence-electron chi connectivity index (χ2n) is 8.63. The van der Waals surface area contributed by atoms with Gasteiger partial charge in [-0.1, -0.05) is 37.8 Å². The lowest BCUT2D eigenvalue weighted by Crippen LogP contribution is -2.17. The van der Waals surface area contributed by atoms with Crippen molar-refractivity contribution in [3.63, 3.8) is 0 Å². The van der Waals surface area contributed by atoms with Gasteiger partial charge in [0.15, 0.2) is 0 Å². The van der Waals surface area contributed by atoms with E-state index in [0.29, 0.717) is 18.2 Å². The Morgan fingerprint density at radius 2 is 1.52 bits per heavy atom. The maximum absolute atomic E-state index is 13.9. The van der Waals surface area contributed by atoms with Crippen LogP contribution in [-0.4, -0.2) is 0 Å². The highest BCUT2D eigenvalue weighted by molar-refractivity contribution is 5.34. The minimum Gasteiger partial charge on any atom is -0.216 e. The van der Waals surface area contributed by atoms with Gasteiger partial charge in [0.25, 0.3) is 0 Å². The molecule has 0 unspecified atom stereocenters. The van der Waals surface area contributed by atoms with Crippen LogP contribution in [0.3, 0.4) is 0 Å². The third-order valence-corrected chi connectivity index (χ3v) is 6.94. The quantitative estimate of drug-likeness (QED) is 0.510. The maximum Gasteiger partial charge on any atom is 0.141 e. The average molecular weight is 372 g/mol. The van der Waals surface area contributed by atoms with Crippen LogP contribution in [0, 0.1) is 34.9 Å². The van der Waals surface area contributed by atoms with E-state index < -0.39 is 0 Å². The minimum atomic E-state index is -0.380. The number of hydrogen-bond acceptors (Lipinski definition) is 1. The molecular weight excluding hydrogens is 340 g/mol. The lowest BCUT2D eigenvalue weighted by molar-refractivity contribution is 0.231. The zero-order chi connectivity index (χ0) is 19.1. The molecule has 1 aromatic carbocycles. The summed E-state index contributed by atoms with van der Waals surface area (Å²) in [6, 6.07) is 7.02. The zero-order valence-electron chi connectivity index (χ0n) is 16.2. The van der Waals surface area contributed by atoms with E-state index in [1.807, 2.05) is 12.1 Å². The molecule has 2 saturated carbocycles. The second-order valence-corrected chi connectivity index (χ2v) is 8.63. The van der Waals surface area contributed by atoms with Crippen LogP contribution in [0.1, 0.15) is 87.7 Å². The highest BCUT2D eigenvalue weighted by atomic mass is 19.1. The van der Waals surface area contributed by atoms with Crippen LogP contribution in [0.5, 0.6) is 0 Å². The van der Waals surface area contributed by atoms with Crippen LogP contribution >= 0.6 is 0 Å². The van der Waals surface area contributed by atoms with Crippen LogP contribution in [0.4, 0.5) is 8.78 Å². The smallest absolute Gasteiger partial charge is 0.141 e. The summed E-state index contributed by atoms with van der Waals surface area (Å²) in [4.78, 5) is 0. The molecule has 0 atom stereocenters. The SMILES string of the molecule is N#Cc1ccc([C@H]2CC[C@H](CC[C@H]3CC[C@H](C/C=C/F)CC3)CC2)cc1F. The van der Waals surface area contributed by atoms with Gasteiger partial charge in [-0.25, -0.2) is 8.78 Å². The van der Waals surface area contributed by atoms with Crippen LogP contribution in [0.25, 0.3) is 0 Å². The largest absolute Gasteiger partial charge is 0.216 e. The van der Waals surface area contributed by atoms with E-state index in [9.17, 15) is 8.78 Å². The Kier molecular flexibility index (Phi) is 7.44. The van der Waals surface area contributed by atoms with Gasteiger partial charge in [0, 0.05) is 0 Å². The number of allylic oxidation sites excluding steroid dienone is 1. The van der Waals surface area contributed by atoms with Gasteiger partial charge in [-0.05, 0) is 86.3 Å². The number of hydrogen-bond donors (Lipinski definition) is 0. The number of rotatable bonds is 6. The van der Waals surface area contributed by atoms with E-state index in [1.54, 1.807) is 18.2 Å². The molecule has 0 aromatic heterocycles. The Balaban J connectivity index is 1.38. The Bertz CT molecular complexity index is 659. The molecule has 2 fully saturated rings. The van der Waals surface area contributed by atoms with Crippen molar-refractivity contribution in [2.75, 3.05) is 0 Å². The van der Waals surface area contributed by atoms with Gasteiger partial charge in [0.05, 0.1) is 11.9 Å². The molecule has 27 heavy (non-hydrogen) atoms. The number of nitrogens with zero attached hydrogens (tertiary/aromatic N) is 1. The highest BCUT2D eigenvalue weighted by Crippen LogP contribution is 2.40. The molecule has 3 rings (SSSR count). The molecule has 2 aliphatic rings. The molecule has 146 valence electrons. The zero-order valence-corrected chi connectivity index (χ0v) is 16.2. The van der Waals surface area contributed by atoms with Crippen molar-refractivity contribution in [2.24, 2.45) is 17.8 Å². The highest BCUT2D eigenvalue weighted by Gasteiger charge is 2.25. The number of halogens is 2. The molecule has 1 nitrogen and oxygen atoms in total. The molecule has 0 N–H and O–H groups in total. The molecule has 0 spiro atoms. The van der Waals surface area contributed by atoms with Crippen molar-refractivity contribution in [1.82, 2.24) is 0 Å². The van der Waals surface area contributed by atoms with E-state index >= 15 is 0 Å². The van der Waals surface area contributed by atoms with Gasteiger partial charge in [-0.15, -0.1) is 0 Å². The Hall–Kier alpha value is -1.69. The fourth-order valence-corrected chi connectivity index (χ4v) is 5.13. The summed E-state index contributed by atoms with van der Waals surface area (Å²) < 4.78 is 26.0. The maximum atomic E-state index is 13.9. The van der Waals surface area contributed by atoms with Crippen molar-refractivity contribution in [3.8, 4) is 6.07 Å². The third kappa shape index (κ3) is 5.64. The topological polar surface area (TPSA) is 23.8 Å². The predicted molar refractivity (Wildman–Crippen MR) is 105 cm³/mol. The molecule has 0 saturated heterocycles. The predicted octanol–water partition coefficient (Wildman–Crippen LogP) is 7.43. The van der Waals surface area contributed by atoms with E-state index in [4.69, 9.17) is 5.26 Å². The molecular formula is C24H31F2N. The molecule has 3 heteroatoms. The van der Waals surface area contributed by atoms with Crippen LogP contribution in [0.2, 0.25) is 0 Å². The van der Waals surface area contributed by atoms with Crippen molar-refractivity contribution in [2.45, 2.75) is 76.5 Å². The van der Waals surface area contributed by atoms with Gasteiger partial charge in [0.1, 0.15) is 11.9 Å². The van der Waals surface area contributed by atoms with Crippen LogP contribution in [0.15, 0.2) is 30.6 Å². The average Bonchev–Trinajstić information content (AvgIpc) is 2.72. The van der Waals surface area contributed by atoms with E-state index in [1.165, 1.54) is 51.4 Å². The van der Waals surface area contributed by atoms with Gasteiger partial charge in [0.2, 0.25) is 0 Å². The van der Waals surface area contributed by atoms with Crippen LogP contribution in [-0.2, 0) is 0 Å². The molecule has 2 aliphatic carbocycles. The van der Waals surface area contributed by atoms with Gasteiger partial charge < -0.3 is 0 Å². The molecule has 0 radical (unpaired) electrons. The van der Waals surface area contributed by atoms with E-state index in [2.05, 4.69) is 0 Å². The lowest BCUT2D eigenvalue weighted by atomic mass is 9.74. The normalized spacial score (nSPS) is 28.9. The summed E-state index contributed by atoms with van der Waals surface area (Å²) in [7, 11) is 0. The standard InChI is InChI=1S/C24H31F2N/c25-15-1-2-18-3-5-19(6-4-18)7-8-20-9-11-21(12-10-20)22-13-14-23(17-27)24(26)16-22/h1,13-16,18-21H,2-12H2/b15-1+/t18-,19-,20-,21-. The second kappa shape index (κ2) is 10.0. The van der Waals surface area contributed by atoms with Gasteiger partial charge in [-0.3, -0.25) is 0 Å². The number of nitriles is 1. The minimum absolute atomic E-state index is 0.142. The van der Waals surface area contributed by atoms with Crippen molar-refractivity contribution >= 4 is 0 Å². The van der Waals surface area contributed by atoms with Crippen molar-refractivity contribution in [1.29, 1.82) is 5.26 Å². The van der Waals surface area contributed by atoms with Crippen molar-refractivity contribution in [3.05, 3.63) is 47.5 Å². The third-order valence-electron chi connectivity index (χ3n) is 6.94. The van der Waals surface area contributed by atoms with Crippen molar-refractivity contribution < 1.29 is 8.78 Å². The van der Waals surface area contributed by atoms with Gasteiger partial charge >= 0.3 is 0 Å². The summed E-state index contributed by atoms with van der Waals surface area (Å²) in [5, 5.41) is 8.87. The summed E-state index contributed by atoms with van der Waals surface area (Å²) in [6.07, 6.45) is 15.8.